The number of nitrogens with zero attached hydrogens (tertiary/aromatic N) is 1. The van der Waals surface area contributed by atoms with E-state index in [4.69, 9.17) is 4.74 Å². The van der Waals surface area contributed by atoms with Gasteiger partial charge in [0, 0.05) is 29.2 Å². The summed E-state index contributed by atoms with van der Waals surface area (Å²) in [7, 11) is 1.21. The van der Waals surface area contributed by atoms with Gasteiger partial charge in [-0.05, 0) is 5.56 Å². The molecule has 7 nitrogen and oxygen atoms in total. The van der Waals surface area contributed by atoms with Crippen molar-refractivity contribution in [2.75, 3.05) is 7.11 Å². The lowest BCUT2D eigenvalue weighted by Crippen LogP contribution is -2.24. The summed E-state index contributed by atoms with van der Waals surface area (Å²) in [5, 5.41) is 10.8. The molecule has 1 spiro atoms. The molecular weight excluding hydrogens is 338 g/mol. The van der Waals surface area contributed by atoms with Gasteiger partial charge in [0.05, 0.1) is 18.0 Å². The number of esters is 1. The number of hydrogen-bond donors (Lipinski definition) is 0. The van der Waals surface area contributed by atoms with Gasteiger partial charge < -0.3 is 4.74 Å². The highest BCUT2D eigenvalue weighted by atomic mass is 16.6. The van der Waals surface area contributed by atoms with Crippen molar-refractivity contribution in [2.45, 2.75) is 5.92 Å². The van der Waals surface area contributed by atoms with Gasteiger partial charge >= 0.3 is 5.97 Å². The van der Waals surface area contributed by atoms with Crippen molar-refractivity contribution >= 4 is 23.2 Å². The highest BCUT2D eigenvalue weighted by Gasteiger charge is 2.79. The van der Waals surface area contributed by atoms with Crippen LogP contribution in [0.4, 0.5) is 5.69 Å². The van der Waals surface area contributed by atoms with Crippen LogP contribution in [0.3, 0.4) is 0 Å². The molecule has 0 bridgehead atoms. The number of ketones is 2. The number of Topliss-reactive ketones (excluding diaryl/α,β-unsaturated/α-hetero) is 2. The van der Waals surface area contributed by atoms with Crippen molar-refractivity contribution in [3.8, 4) is 0 Å². The Hall–Kier alpha value is -3.35. The Balaban J connectivity index is 1.83. The van der Waals surface area contributed by atoms with E-state index in [0.29, 0.717) is 16.7 Å². The summed E-state index contributed by atoms with van der Waals surface area (Å²) in [5.41, 5.74) is -0.482. The molecule has 1 fully saturated rings. The van der Waals surface area contributed by atoms with Gasteiger partial charge in [0.15, 0.2) is 11.6 Å². The average molecular weight is 351 g/mol. The van der Waals surface area contributed by atoms with E-state index in [0.717, 1.165) is 0 Å². The number of nitro groups is 1. The predicted octanol–water partition coefficient (Wildman–Crippen LogP) is 2.55. The molecule has 2 aromatic carbocycles. The summed E-state index contributed by atoms with van der Waals surface area (Å²) >= 11 is 0. The van der Waals surface area contributed by atoms with Crippen molar-refractivity contribution < 1.29 is 24.0 Å². The Bertz CT molecular complexity index is 943. The number of fused-ring (bicyclic) bond motifs is 1. The zero-order valence-electron chi connectivity index (χ0n) is 13.7. The fourth-order valence-corrected chi connectivity index (χ4v) is 4.09. The molecule has 2 aliphatic rings. The molecule has 0 N–H and O–H groups in total. The van der Waals surface area contributed by atoms with Gasteiger partial charge in [0.2, 0.25) is 0 Å². The van der Waals surface area contributed by atoms with E-state index in [1.165, 1.54) is 31.4 Å². The molecule has 0 aromatic heterocycles. The minimum absolute atomic E-state index is 0.106. The van der Waals surface area contributed by atoms with Crippen molar-refractivity contribution in [2.24, 2.45) is 11.3 Å². The van der Waals surface area contributed by atoms with Crippen LogP contribution in [0.5, 0.6) is 0 Å². The second-order valence-electron chi connectivity index (χ2n) is 6.40. The number of carbonyl (C=O) groups is 3. The maximum Gasteiger partial charge on any atom is 0.310 e. The maximum absolute atomic E-state index is 13.0. The van der Waals surface area contributed by atoms with Crippen LogP contribution in [-0.2, 0) is 9.53 Å². The summed E-state index contributed by atoms with van der Waals surface area (Å²) in [6.07, 6.45) is 0. The zero-order chi connectivity index (χ0) is 18.6. The van der Waals surface area contributed by atoms with Crippen molar-refractivity contribution in [1.29, 1.82) is 0 Å². The Morgan fingerprint density at radius 2 is 1.58 bits per heavy atom. The lowest BCUT2D eigenvalue weighted by molar-refractivity contribution is -0.384. The molecule has 0 unspecified atom stereocenters. The summed E-state index contributed by atoms with van der Waals surface area (Å²) in [4.78, 5) is 48.7. The van der Waals surface area contributed by atoms with Crippen LogP contribution in [0.1, 0.15) is 32.2 Å². The molecule has 1 saturated carbocycles. The van der Waals surface area contributed by atoms with Crippen LogP contribution in [0, 0.1) is 21.4 Å². The van der Waals surface area contributed by atoms with Crippen LogP contribution in [0.15, 0.2) is 48.5 Å². The Labute approximate surface area is 147 Å². The largest absolute Gasteiger partial charge is 0.469 e. The topological polar surface area (TPSA) is 104 Å². The molecule has 2 aliphatic carbocycles. The Kier molecular flexibility index (Phi) is 3.30. The summed E-state index contributed by atoms with van der Waals surface area (Å²) < 4.78 is 4.82. The summed E-state index contributed by atoms with van der Waals surface area (Å²) in [5.74, 6) is -3.04. The lowest BCUT2D eigenvalue weighted by Gasteiger charge is -2.06. The van der Waals surface area contributed by atoms with Crippen molar-refractivity contribution in [1.82, 2.24) is 0 Å². The second kappa shape index (κ2) is 5.32. The van der Waals surface area contributed by atoms with Gasteiger partial charge in [-0.1, -0.05) is 36.4 Å². The summed E-state index contributed by atoms with van der Waals surface area (Å²) in [6, 6.07) is 12.0. The molecule has 2 aromatic rings. The van der Waals surface area contributed by atoms with E-state index in [1.807, 2.05) is 0 Å². The normalized spacial score (nSPS) is 22.2. The number of nitro benzene ring substituents is 1. The molecule has 0 amide bonds. The molecule has 4 rings (SSSR count). The Morgan fingerprint density at radius 3 is 2.04 bits per heavy atom. The van der Waals surface area contributed by atoms with Crippen LogP contribution in [0.25, 0.3) is 0 Å². The van der Waals surface area contributed by atoms with Gasteiger partial charge in [-0.2, -0.15) is 0 Å². The Morgan fingerprint density at radius 1 is 1.04 bits per heavy atom. The van der Waals surface area contributed by atoms with Crippen LogP contribution >= 0.6 is 0 Å². The molecule has 7 heteroatoms. The van der Waals surface area contributed by atoms with E-state index in [9.17, 15) is 24.5 Å². The number of non-ortho nitro benzene ring substituents is 1. The zero-order valence-corrected chi connectivity index (χ0v) is 13.7. The molecule has 0 heterocycles. The minimum Gasteiger partial charge on any atom is -0.469 e. The van der Waals surface area contributed by atoms with E-state index in [1.54, 1.807) is 24.3 Å². The molecule has 0 aliphatic heterocycles. The number of benzene rings is 2. The standard InChI is InChI=1S/C19H13NO6/c1-26-18(23)15-14(10-6-8-11(9-7-10)20(24)25)19(15)16(21)12-4-2-3-5-13(12)17(19)22/h2-9,14-15H,1H3/t14-,15+/m0/s1. The van der Waals surface area contributed by atoms with Gasteiger partial charge in [0.25, 0.3) is 5.69 Å². The molecule has 0 radical (unpaired) electrons. The van der Waals surface area contributed by atoms with Crippen LogP contribution in [0.2, 0.25) is 0 Å². The highest BCUT2D eigenvalue weighted by Crippen LogP contribution is 2.70. The molecule has 2 atom stereocenters. The molecule has 0 saturated heterocycles. The van der Waals surface area contributed by atoms with E-state index in [-0.39, 0.29) is 5.69 Å². The van der Waals surface area contributed by atoms with E-state index in [2.05, 4.69) is 0 Å². The third-order valence-electron chi connectivity index (χ3n) is 5.29. The van der Waals surface area contributed by atoms with E-state index >= 15 is 0 Å². The number of rotatable bonds is 3. The van der Waals surface area contributed by atoms with Crippen molar-refractivity contribution in [3.05, 3.63) is 75.3 Å². The number of carbonyl (C=O) groups excluding carboxylic acids is 3. The van der Waals surface area contributed by atoms with E-state index < -0.39 is 39.7 Å². The number of methoxy groups -OCH3 is 1. The third-order valence-corrected chi connectivity index (χ3v) is 5.29. The quantitative estimate of drug-likeness (QED) is 0.364. The lowest BCUT2D eigenvalue weighted by atomic mass is 9.93. The molecule has 130 valence electrons. The first-order chi connectivity index (χ1) is 12.4. The van der Waals surface area contributed by atoms with Gasteiger partial charge in [-0.15, -0.1) is 0 Å². The second-order valence-corrected chi connectivity index (χ2v) is 6.40. The third kappa shape index (κ3) is 1.85. The smallest absolute Gasteiger partial charge is 0.310 e. The SMILES string of the molecule is COC(=O)[C@H]1[C@H](c2ccc([N+](=O)[O-])cc2)C12C(=O)c1ccccc1C2=O. The maximum atomic E-state index is 13.0. The minimum atomic E-state index is -1.51. The average Bonchev–Trinajstić information content (AvgIpc) is 3.32. The van der Waals surface area contributed by atoms with Gasteiger partial charge in [-0.25, -0.2) is 0 Å². The first kappa shape index (κ1) is 16.1. The molecular formula is C19H13NO6. The van der Waals surface area contributed by atoms with Gasteiger partial charge in [0.1, 0.15) is 5.41 Å². The fourth-order valence-electron chi connectivity index (χ4n) is 4.09. The fraction of sp³-hybridized carbons (Fsp3) is 0.211. The van der Waals surface area contributed by atoms with Crippen molar-refractivity contribution in [3.63, 3.8) is 0 Å². The summed E-state index contributed by atoms with van der Waals surface area (Å²) in [6.45, 7) is 0. The first-order valence-corrected chi connectivity index (χ1v) is 7.95. The van der Waals surface area contributed by atoms with Gasteiger partial charge in [-0.3, -0.25) is 24.5 Å². The number of ether oxygens (including phenoxy) is 1. The van der Waals surface area contributed by atoms with Crippen LogP contribution < -0.4 is 0 Å². The molecule has 26 heavy (non-hydrogen) atoms. The first-order valence-electron chi connectivity index (χ1n) is 7.95. The van der Waals surface area contributed by atoms with Crippen LogP contribution in [-0.4, -0.2) is 29.6 Å². The predicted molar refractivity (Wildman–Crippen MR) is 88.9 cm³/mol. The highest BCUT2D eigenvalue weighted by molar-refractivity contribution is 6.34. The monoisotopic (exact) mass is 351 g/mol. The number of hydrogen-bond acceptors (Lipinski definition) is 6.